The van der Waals surface area contributed by atoms with Crippen molar-refractivity contribution < 1.29 is 9.59 Å². The van der Waals surface area contributed by atoms with Gasteiger partial charge in [0.25, 0.3) is 5.91 Å². The zero-order valence-corrected chi connectivity index (χ0v) is 11.0. The first kappa shape index (κ1) is 15.2. The van der Waals surface area contributed by atoms with Crippen LogP contribution in [-0.4, -0.2) is 24.9 Å². The van der Waals surface area contributed by atoms with Crippen LogP contribution in [0.5, 0.6) is 0 Å². The van der Waals surface area contributed by atoms with Crippen LogP contribution in [0, 0.1) is 0 Å². The third-order valence-electron chi connectivity index (χ3n) is 2.85. The summed E-state index contributed by atoms with van der Waals surface area (Å²) in [5.41, 5.74) is 11.5. The van der Waals surface area contributed by atoms with E-state index >= 15 is 0 Å². The maximum absolute atomic E-state index is 11.8. The number of hydrogen-bond donors (Lipinski definition) is 3. The van der Waals surface area contributed by atoms with E-state index in [1.54, 1.807) is 24.3 Å². The topological polar surface area (TPSA) is 98.2 Å². The molecule has 0 aromatic heterocycles. The summed E-state index contributed by atoms with van der Waals surface area (Å²) in [5.74, 6) is -0.623. The second kappa shape index (κ2) is 8.26. The third kappa shape index (κ3) is 5.52. The molecule has 0 bridgehead atoms. The average Bonchev–Trinajstić information content (AvgIpc) is 2.42. The molecular weight excluding hydrogens is 242 g/mol. The van der Waals surface area contributed by atoms with Crippen molar-refractivity contribution in [3.63, 3.8) is 0 Å². The SMILES string of the molecule is NCCCCCCNC(=O)c1ccc(C(N)=O)cc1. The van der Waals surface area contributed by atoms with Gasteiger partial charge < -0.3 is 16.8 Å². The predicted molar refractivity (Wildman–Crippen MR) is 74.8 cm³/mol. The first-order valence-electron chi connectivity index (χ1n) is 6.53. The van der Waals surface area contributed by atoms with Crippen LogP contribution in [0.4, 0.5) is 0 Å². The Morgan fingerprint density at radius 3 is 2.11 bits per heavy atom. The van der Waals surface area contributed by atoms with Gasteiger partial charge in [-0.2, -0.15) is 0 Å². The number of carbonyl (C=O) groups is 2. The number of unbranched alkanes of at least 4 members (excludes halogenated alkanes) is 3. The van der Waals surface area contributed by atoms with Crippen molar-refractivity contribution in [2.45, 2.75) is 25.7 Å². The molecule has 0 spiro atoms. The highest BCUT2D eigenvalue weighted by molar-refractivity contribution is 5.97. The van der Waals surface area contributed by atoms with Crippen LogP contribution in [0.2, 0.25) is 0 Å². The Bertz CT molecular complexity index is 415. The Hall–Kier alpha value is -1.88. The maximum Gasteiger partial charge on any atom is 0.251 e. The summed E-state index contributed by atoms with van der Waals surface area (Å²) in [5, 5.41) is 2.84. The monoisotopic (exact) mass is 263 g/mol. The lowest BCUT2D eigenvalue weighted by Gasteiger charge is -2.05. The first-order chi connectivity index (χ1) is 9.15. The van der Waals surface area contributed by atoms with Gasteiger partial charge in [-0.25, -0.2) is 0 Å². The van der Waals surface area contributed by atoms with E-state index in [4.69, 9.17) is 11.5 Å². The van der Waals surface area contributed by atoms with Gasteiger partial charge in [-0.15, -0.1) is 0 Å². The highest BCUT2D eigenvalue weighted by Crippen LogP contribution is 2.04. The van der Waals surface area contributed by atoms with E-state index in [9.17, 15) is 9.59 Å². The molecular formula is C14H21N3O2. The number of primary amides is 1. The molecule has 0 unspecified atom stereocenters. The van der Waals surface area contributed by atoms with Gasteiger partial charge in [0.15, 0.2) is 0 Å². The normalized spacial score (nSPS) is 10.2. The third-order valence-corrected chi connectivity index (χ3v) is 2.85. The Morgan fingerprint density at radius 2 is 1.53 bits per heavy atom. The Morgan fingerprint density at radius 1 is 0.947 bits per heavy atom. The molecule has 0 saturated heterocycles. The summed E-state index contributed by atoms with van der Waals surface area (Å²) in [6.45, 7) is 1.37. The number of benzene rings is 1. The molecule has 0 aliphatic rings. The number of hydrogen-bond acceptors (Lipinski definition) is 3. The molecule has 5 heteroatoms. The number of rotatable bonds is 8. The molecule has 0 radical (unpaired) electrons. The fourth-order valence-corrected chi connectivity index (χ4v) is 1.71. The zero-order chi connectivity index (χ0) is 14.1. The van der Waals surface area contributed by atoms with Crippen molar-refractivity contribution in [3.8, 4) is 0 Å². The highest BCUT2D eigenvalue weighted by Gasteiger charge is 2.06. The minimum atomic E-state index is -0.494. The van der Waals surface area contributed by atoms with Crippen LogP contribution < -0.4 is 16.8 Å². The van der Waals surface area contributed by atoms with E-state index in [1.807, 2.05) is 0 Å². The van der Waals surface area contributed by atoms with E-state index in [0.29, 0.717) is 17.7 Å². The molecule has 2 amide bonds. The summed E-state index contributed by atoms with van der Waals surface area (Å²) in [7, 11) is 0. The standard InChI is InChI=1S/C14H21N3O2/c15-9-3-1-2-4-10-17-14(19)12-7-5-11(6-8-12)13(16)18/h5-8H,1-4,9-10,15H2,(H2,16,18)(H,17,19). The van der Waals surface area contributed by atoms with Gasteiger partial charge in [0.1, 0.15) is 0 Å². The van der Waals surface area contributed by atoms with Crippen LogP contribution >= 0.6 is 0 Å². The zero-order valence-electron chi connectivity index (χ0n) is 11.0. The molecule has 0 fully saturated rings. The number of nitrogens with two attached hydrogens (primary N) is 2. The molecule has 1 aromatic rings. The van der Waals surface area contributed by atoms with Crippen molar-refractivity contribution >= 4 is 11.8 Å². The van der Waals surface area contributed by atoms with Crippen molar-refractivity contribution in [3.05, 3.63) is 35.4 Å². The summed E-state index contributed by atoms with van der Waals surface area (Å²) in [6, 6.07) is 6.31. The molecule has 0 saturated carbocycles. The highest BCUT2D eigenvalue weighted by atomic mass is 16.2. The van der Waals surface area contributed by atoms with Gasteiger partial charge in [0, 0.05) is 17.7 Å². The minimum Gasteiger partial charge on any atom is -0.366 e. The van der Waals surface area contributed by atoms with Gasteiger partial charge in [-0.05, 0) is 43.7 Å². The summed E-state index contributed by atoms with van der Waals surface area (Å²) >= 11 is 0. The van der Waals surface area contributed by atoms with Gasteiger partial charge in [0.05, 0.1) is 0 Å². The van der Waals surface area contributed by atoms with Crippen LogP contribution in [0.1, 0.15) is 46.4 Å². The summed E-state index contributed by atoms with van der Waals surface area (Å²) < 4.78 is 0. The molecule has 5 N–H and O–H groups in total. The van der Waals surface area contributed by atoms with Crippen LogP contribution in [0.25, 0.3) is 0 Å². The van der Waals surface area contributed by atoms with Crippen molar-refractivity contribution in [1.82, 2.24) is 5.32 Å². The minimum absolute atomic E-state index is 0.130. The Balaban J connectivity index is 2.31. The first-order valence-corrected chi connectivity index (χ1v) is 6.53. The lowest BCUT2D eigenvalue weighted by Crippen LogP contribution is -2.24. The summed E-state index contributed by atoms with van der Waals surface area (Å²) in [4.78, 5) is 22.7. The van der Waals surface area contributed by atoms with Gasteiger partial charge in [-0.1, -0.05) is 12.8 Å². The lowest BCUT2D eigenvalue weighted by atomic mass is 10.1. The molecule has 1 aromatic carbocycles. The summed E-state index contributed by atoms with van der Waals surface area (Å²) in [6.07, 6.45) is 4.14. The second-order valence-electron chi connectivity index (χ2n) is 4.40. The molecule has 5 nitrogen and oxygen atoms in total. The van der Waals surface area contributed by atoms with E-state index in [2.05, 4.69) is 5.32 Å². The van der Waals surface area contributed by atoms with Gasteiger partial charge in [0.2, 0.25) is 5.91 Å². The molecule has 0 aliphatic heterocycles. The fraction of sp³-hybridized carbons (Fsp3) is 0.429. The second-order valence-corrected chi connectivity index (χ2v) is 4.40. The van der Waals surface area contributed by atoms with E-state index in [1.165, 1.54) is 0 Å². The van der Waals surface area contributed by atoms with Crippen LogP contribution in [0.15, 0.2) is 24.3 Å². The van der Waals surface area contributed by atoms with E-state index in [0.717, 1.165) is 32.2 Å². The predicted octanol–water partition coefficient (Wildman–Crippen LogP) is 1.03. The molecule has 104 valence electrons. The quantitative estimate of drug-likeness (QED) is 0.611. The number of amides is 2. The Labute approximate surface area is 113 Å². The van der Waals surface area contributed by atoms with Gasteiger partial charge >= 0.3 is 0 Å². The van der Waals surface area contributed by atoms with E-state index in [-0.39, 0.29) is 5.91 Å². The molecule has 0 atom stereocenters. The molecule has 1 rings (SSSR count). The van der Waals surface area contributed by atoms with Crippen molar-refractivity contribution in [2.24, 2.45) is 11.5 Å². The smallest absolute Gasteiger partial charge is 0.251 e. The average molecular weight is 263 g/mol. The van der Waals surface area contributed by atoms with Crippen LogP contribution in [0.3, 0.4) is 0 Å². The van der Waals surface area contributed by atoms with E-state index < -0.39 is 5.91 Å². The van der Waals surface area contributed by atoms with Crippen molar-refractivity contribution in [2.75, 3.05) is 13.1 Å². The molecule has 0 aliphatic carbocycles. The molecule has 0 heterocycles. The number of nitrogens with one attached hydrogen (secondary N) is 1. The lowest BCUT2D eigenvalue weighted by molar-refractivity contribution is 0.0950. The fourth-order valence-electron chi connectivity index (χ4n) is 1.71. The van der Waals surface area contributed by atoms with Crippen molar-refractivity contribution in [1.29, 1.82) is 0 Å². The molecule has 19 heavy (non-hydrogen) atoms. The Kier molecular flexibility index (Phi) is 6.60. The largest absolute Gasteiger partial charge is 0.366 e. The maximum atomic E-state index is 11.8. The number of carbonyl (C=O) groups excluding carboxylic acids is 2. The van der Waals surface area contributed by atoms with Gasteiger partial charge in [-0.3, -0.25) is 9.59 Å². The van der Waals surface area contributed by atoms with Crippen LogP contribution in [-0.2, 0) is 0 Å².